The highest BCUT2D eigenvalue weighted by molar-refractivity contribution is 5.95. The lowest BCUT2D eigenvalue weighted by Gasteiger charge is -2.42. The number of ether oxygens (including phenoxy) is 1. The van der Waals surface area contributed by atoms with Gasteiger partial charge in [0, 0.05) is 50.7 Å². The first-order valence-electron chi connectivity index (χ1n) is 12.3. The highest BCUT2D eigenvalue weighted by atomic mass is 19.1. The van der Waals surface area contributed by atoms with Gasteiger partial charge in [-0.2, -0.15) is 0 Å². The van der Waals surface area contributed by atoms with E-state index in [1.54, 1.807) is 31.0 Å². The van der Waals surface area contributed by atoms with Crippen LogP contribution < -0.4 is 10.6 Å². The van der Waals surface area contributed by atoms with Crippen LogP contribution in [0.5, 0.6) is 0 Å². The Balaban J connectivity index is 1.55. The smallest absolute Gasteiger partial charge is 0.338 e. The molecular formula is C27H32FN5O4. The zero-order valence-electron chi connectivity index (χ0n) is 21.2. The van der Waals surface area contributed by atoms with Gasteiger partial charge in [0.1, 0.15) is 5.82 Å². The number of likely N-dealkylation sites (N-methyl/N-ethyl adjacent to an activating group) is 1. The number of nitrogens with one attached hydrogen (secondary N) is 2. The quantitative estimate of drug-likeness (QED) is 0.581. The largest absolute Gasteiger partial charge is 0.463 e. The molecule has 0 aromatic heterocycles. The Bertz CT molecular complexity index is 1170. The number of piperazine rings is 1. The SMILES string of the molecule is CCOC(=O)C1=C(CN2CCN(C(=O)Nc3ccccc3)C(C)C2)N(C)C(=O)NC1c1ccc(F)cc1. The van der Waals surface area contributed by atoms with Gasteiger partial charge in [-0.3, -0.25) is 9.80 Å². The van der Waals surface area contributed by atoms with Gasteiger partial charge in [0.2, 0.25) is 0 Å². The summed E-state index contributed by atoms with van der Waals surface area (Å²) < 4.78 is 18.9. The third kappa shape index (κ3) is 5.91. The van der Waals surface area contributed by atoms with Crippen molar-refractivity contribution in [1.82, 2.24) is 20.0 Å². The molecule has 10 heteroatoms. The van der Waals surface area contributed by atoms with Crippen LogP contribution >= 0.6 is 0 Å². The maximum Gasteiger partial charge on any atom is 0.338 e. The zero-order valence-corrected chi connectivity index (χ0v) is 21.2. The van der Waals surface area contributed by atoms with E-state index in [4.69, 9.17) is 4.74 Å². The topological polar surface area (TPSA) is 94.2 Å². The Labute approximate surface area is 215 Å². The fourth-order valence-electron chi connectivity index (χ4n) is 4.71. The molecule has 2 aromatic rings. The average Bonchev–Trinajstić information content (AvgIpc) is 2.88. The maximum atomic E-state index is 13.6. The molecule has 2 unspecified atom stereocenters. The van der Waals surface area contributed by atoms with Crippen LogP contribution in [0.25, 0.3) is 0 Å². The summed E-state index contributed by atoms with van der Waals surface area (Å²) in [4.78, 5) is 44.2. The molecule has 2 N–H and O–H groups in total. The first-order valence-corrected chi connectivity index (χ1v) is 12.3. The van der Waals surface area contributed by atoms with E-state index in [1.807, 2.05) is 37.3 Å². The molecule has 196 valence electrons. The zero-order chi connectivity index (χ0) is 26.5. The van der Waals surface area contributed by atoms with Crippen LogP contribution in [-0.4, -0.2) is 78.6 Å². The van der Waals surface area contributed by atoms with Crippen molar-refractivity contribution in [2.24, 2.45) is 0 Å². The Morgan fingerprint density at radius 2 is 1.81 bits per heavy atom. The van der Waals surface area contributed by atoms with E-state index in [-0.39, 0.29) is 24.7 Å². The molecule has 1 saturated heterocycles. The average molecular weight is 510 g/mol. The number of urea groups is 2. The number of esters is 1. The van der Waals surface area contributed by atoms with Crippen LogP contribution in [0.4, 0.5) is 19.7 Å². The van der Waals surface area contributed by atoms with E-state index >= 15 is 0 Å². The van der Waals surface area contributed by atoms with Gasteiger partial charge in [-0.15, -0.1) is 0 Å². The molecule has 4 amide bonds. The summed E-state index contributed by atoms with van der Waals surface area (Å²) in [5.74, 6) is -0.944. The molecule has 4 rings (SSSR count). The second kappa shape index (κ2) is 11.4. The highest BCUT2D eigenvalue weighted by Crippen LogP contribution is 2.32. The van der Waals surface area contributed by atoms with Crippen molar-refractivity contribution in [2.45, 2.75) is 25.9 Å². The number of carbonyl (C=O) groups excluding carboxylic acids is 3. The summed E-state index contributed by atoms with van der Waals surface area (Å²) in [6, 6.07) is 13.6. The number of amides is 4. The molecule has 2 atom stereocenters. The maximum absolute atomic E-state index is 13.6. The number of hydrogen-bond donors (Lipinski definition) is 2. The van der Waals surface area contributed by atoms with E-state index in [1.165, 1.54) is 17.0 Å². The number of anilines is 1. The van der Waals surface area contributed by atoms with Gasteiger partial charge in [0.15, 0.2) is 0 Å². The van der Waals surface area contributed by atoms with Crippen molar-refractivity contribution in [3.63, 3.8) is 0 Å². The predicted molar refractivity (Wildman–Crippen MR) is 137 cm³/mol. The monoisotopic (exact) mass is 509 g/mol. The van der Waals surface area contributed by atoms with Gasteiger partial charge in [-0.1, -0.05) is 30.3 Å². The summed E-state index contributed by atoms with van der Waals surface area (Å²) in [6.07, 6.45) is 0. The van der Waals surface area contributed by atoms with Gasteiger partial charge < -0.3 is 20.3 Å². The minimum atomic E-state index is -0.770. The summed E-state index contributed by atoms with van der Waals surface area (Å²) in [5, 5.41) is 5.76. The molecule has 2 aliphatic heterocycles. The lowest BCUT2D eigenvalue weighted by molar-refractivity contribution is -0.139. The number of benzene rings is 2. The minimum absolute atomic E-state index is 0.0975. The highest BCUT2D eigenvalue weighted by Gasteiger charge is 2.38. The Hall–Kier alpha value is -3.92. The van der Waals surface area contributed by atoms with E-state index in [9.17, 15) is 18.8 Å². The second-order valence-electron chi connectivity index (χ2n) is 9.15. The molecule has 9 nitrogen and oxygen atoms in total. The van der Waals surface area contributed by atoms with Gasteiger partial charge in [-0.05, 0) is 43.7 Å². The van der Waals surface area contributed by atoms with Crippen molar-refractivity contribution >= 4 is 23.7 Å². The van der Waals surface area contributed by atoms with Crippen molar-refractivity contribution in [1.29, 1.82) is 0 Å². The van der Waals surface area contributed by atoms with Gasteiger partial charge in [-0.25, -0.2) is 18.8 Å². The molecular weight excluding hydrogens is 477 g/mol. The minimum Gasteiger partial charge on any atom is -0.463 e. The van der Waals surface area contributed by atoms with Crippen LogP contribution in [0.3, 0.4) is 0 Å². The summed E-state index contributed by atoms with van der Waals surface area (Å²) in [7, 11) is 1.61. The summed E-state index contributed by atoms with van der Waals surface area (Å²) in [5.41, 5.74) is 2.14. The van der Waals surface area contributed by atoms with Crippen LogP contribution in [-0.2, 0) is 9.53 Å². The van der Waals surface area contributed by atoms with Gasteiger partial charge in [0.25, 0.3) is 0 Å². The molecule has 0 saturated carbocycles. The number of nitrogens with zero attached hydrogens (tertiary/aromatic N) is 3. The molecule has 0 aliphatic carbocycles. The lowest BCUT2D eigenvalue weighted by Crippen LogP contribution is -2.56. The van der Waals surface area contributed by atoms with Gasteiger partial charge >= 0.3 is 18.0 Å². The van der Waals surface area contributed by atoms with E-state index in [2.05, 4.69) is 15.5 Å². The van der Waals surface area contributed by atoms with Crippen molar-refractivity contribution in [2.75, 3.05) is 45.2 Å². The van der Waals surface area contributed by atoms with Crippen molar-refractivity contribution in [3.05, 3.63) is 77.2 Å². The molecule has 2 aromatic carbocycles. The van der Waals surface area contributed by atoms with Crippen molar-refractivity contribution in [3.8, 4) is 0 Å². The molecule has 0 bridgehead atoms. The normalized spacial score (nSPS) is 20.5. The Morgan fingerprint density at radius 3 is 2.46 bits per heavy atom. The third-order valence-corrected chi connectivity index (χ3v) is 6.65. The molecule has 1 fully saturated rings. The number of halogens is 1. The molecule has 2 aliphatic rings. The number of carbonyl (C=O) groups is 3. The standard InChI is InChI=1S/C27H32FN5O4/c1-4-37-25(34)23-22(31(3)26(35)30-24(23)19-10-12-20(28)13-11-19)17-32-14-15-33(18(2)16-32)27(36)29-21-8-6-5-7-9-21/h5-13,18,24H,4,14-17H2,1-3H3,(H,29,36)(H,30,35). The fraction of sp³-hybridized carbons (Fsp3) is 0.370. The van der Waals surface area contributed by atoms with E-state index in [0.29, 0.717) is 43.0 Å². The van der Waals surface area contributed by atoms with Crippen LogP contribution in [0.2, 0.25) is 0 Å². The second-order valence-corrected chi connectivity index (χ2v) is 9.15. The molecule has 2 heterocycles. The first-order chi connectivity index (χ1) is 17.8. The molecule has 0 spiro atoms. The number of hydrogen-bond acceptors (Lipinski definition) is 5. The van der Waals surface area contributed by atoms with E-state index < -0.39 is 17.8 Å². The number of para-hydroxylation sites is 1. The first kappa shape index (κ1) is 26.2. The van der Waals surface area contributed by atoms with Crippen LogP contribution in [0.1, 0.15) is 25.5 Å². The van der Waals surface area contributed by atoms with Crippen LogP contribution in [0.15, 0.2) is 65.9 Å². The Kier molecular flexibility index (Phi) is 8.08. The summed E-state index contributed by atoms with van der Waals surface area (Å²) >= 11 is 0. The predicted octanol–water partition coefficient (Wildman–Crippen LogP) is 3.58. The number of rotatable bonds is 6. The van der Waals surface area contributed by atoms with Gasteiger partial charge in [0.05, 0.1) is 18.2 Å². The van der Waals surface area contributed by atoms with E-state index in [0.717, 1.165) is 5.69 Å². The lowest BCUT2D eigenvalue weighted by atomic mass is 9.94. The third-order valence-electron chi connectivity index (χ3n) is 6.65. The Morgan fingerprint density at radius 1 is 1.11 bits per heavy atom. The molecule has 0 radical (unpaired) electrons. The van der Waals surface area contributed by atoms with Crippen LogP contribution in [0, 0.1) is 5.82 Å². The summed E-state index contributed by atoms with van der Waals surface area (Å²) in [6.45, 7) is 5.78. The van der Waals surface area contributed by atoms with Crippen molar-refractivity contribution < 1.29 is 23.5 Å². The molecule has 37 heavy (non-hydrogen) atoms. The fourth-order valence-corrected chi connectivity index (χ4v) is 4.71.